The molecular weight excluding hydrogens is 414 g/mol. The highest BCUT2D eigenvalue weighted by Crippen LogP contribution is 2.28. The van der Waals surface area contributed by atoms with Crippen LogP contribution in [0, 0.1) is 17.1 Å². The van der Waals surface area contributed by atoms with Crippen LogP contribution in [0.4, 0.5) is 34.9 Å². The predicted octanol–water partition coefficient (Wildman–Crippen LogP) is 5.47. The van der Waals surface area contributed by atoms with E-state index >= 15 is 0 Å². The molecule has 6 nitrogen and oxygen atoms in total. The first kappa shape index (κ1) is 20.2. The Morgan fingerprint density at radius 3 is 2.69 bits per heavy atom. The Hall–Kier alpha value is -3.58. The van der Waals surface area contributed by atoms with Crippen molar-refractivity contribution < 1.29 is 22.3 Å². The fourth-order valence-electron chi connectivity index (χ4n) is 2.27. The van der Waals surface area contributed by atoms with Crippen LogP contribution in [0.25, 0.3) is 0 Å². The number of hydrogen-bond acceptors (Lipinski definition) is 5. The molecule has 0 aliphatic carbocycles. The van der Waals surface area contributed by atoms with Crippen LogP contribution in [0.1, 0.15) is 11.1 Å². The smallest absolute Gasteiger partial charge is 0.403 e. The number of aromatic nitrogens is 2. The number of anilines is 2. The summed E-state index contributed by atoms with van der Waals surface area (Å²) in [6.45, 7) is 0. The lowest BCUT2D eigenvalue weighted by Crippen LogP contribution is -2.18. The number of nitrogens with zero attached hydrogens (tertiary/aromatic N) is 3. The van der Waals surface area contributed by atoms with Gasteiger partial charge in [-0.3, -0.25) is 5.10 Å². The summed E-state index contributed by atoms with van der Waals surface area (Å²) >= 11 is 5.91. The van der Waals surface area contributed by atoms with E-state index in [1.54, 1.807) is 24.3 Å². The van der Waals surface area contributed by atoms with Gasteiger partial charge in [-0.15, -0.1) is 13.2 Å². The van der Waals surface area contributed by atoms with E-state index in [1.807, 2.05) is 6.07 Å². The van der Waals surface area contributed by atoms with Crippen molar-refractivity contribution in [3.63, 3.8) is 0 Å². The molecule has 148 valence electrons. The van der Waals surface area contributed by atoms with Crippen molar-refractivity contribution in [3.05, 3.63) is 64.4 Å². The van der Waals surface area contributed by atoms with Crippen LogP contribution < -0.4 is 10.1 Å². The molecule has 1 heterocycles. The molecule has 11 heteroatoms. The Labute approximate surface area is 166 Å². The van der Waals surface area contributed by atoms with Gasteiger partial charge in [0, 0.05) is 16.9 Å². The Bertz CT molecular complexity index is 1100. The first-order valence-electron chi connectivity index (χ1n) is 7.85. The average molecular weight is 424 g/mol. The zero-order chi connectivity index (χ0) is 21.0. The molecule has 3 rings (SSSR count). The number of aliphatic imine (C=N–C) groups is 1. The third-order valence-corrected chi connectivity index (χ3v) is 3.71. The van der Waals surface area contributed by atoms with Crippen LogP contribution in [-0.4, -0.2) is 22.8 Å². The molecular formula is C18H10ClF4N5O. The quantitative estimate of drug-likeness (QED) is 0.421. The molecule has 2 N–H and O–H groups in total. The molecule has 3 aromatic rings. The van der Waals surface area contributed by atoms with Crippen molar-refractivity contribution in [3.8, 4) is 11.8 Å². The maximum Gasteiger partial charge on any atom is 0.573 e. The molecule has 0 aliphatic rings. The molecule has 0 unspecified atom stereocenters. The lowest BCUT2D eigenvalue weighted by molar-refractivity contribution is -0.275. The molecule has 0 saturated carbocycles. The fourth-order valence-corrected chi connectivity index (χ4v) is 2.46. The van der Waals surface area contributed by atoms with E-state index in [2.05, 4.69) is 25.2 Å². The highest BCUT2D eigenvalue weighted by Gasteiger charge is 2.32. The van der Waals surface area contributed by atoms with Crippen molar-refractivity contribution in [1.82, 2.24) is 10.2 Å². The summed E-state index contributed by atoms with van der Waals surface area (Å²) in [7, 11) is 0. The van der Waals surface area contributed by atoms with Gasteiger partial charge in [-0.2, -0.15) is 10.4 Å². The minimum Gasteiger partial charge on any atom is -0.403 e. The third kappa shape index (κ3) is 5.24. The van der Waals surface area contributed by atoms with E-state index in [0.29, 0.717) is 10.7 Å². The van der Waals surface area contributed by atoms with Gasteiger partial charge in [-0.05, 0) is 42.0 Å². The summed E-state index contributed by atoms with van der Waals surface area (Å²) in [6, 6.07) is 11.5. The number of rotatable bonds is 5. The van der Waals surface area contributed by atoms with Crippen LogP contribution in [0.3, 0.4) is 0 Å². The molecule has 0 aliphatic heterocycles. The predicted molar refractivity (Wildman–Crippen MR) is 98.4 cm³/mol. The second-order valence-electron chi connectivity index (χ2n) is 5.54. The van der Waals surface area contributed by atoms with Crippen LogP contribution in [0.2, 0.25) is 5.02 Å². The van der Waals surface area contributed by atoms with Gasteiger partial charge in [-0.1, -0.05) is 17.7 Å². The number of ether oxygens (including phenoxy) is 1. The maximum absolute atomic E-state index is 13.7. The standard InChI is InChI=1S/C18H10ClF4N5O/c19-11-2-1-3-12(7-11)26-17-13(8-24)16(27-28-17)25-9-10-4-5-15(14(20)6-10)29-18(21,22)23/h1-7,9H,(H2,26,27,28). The SMILES string of the molecule is N#Cc1c(N=Cc2ccc(OC(F)(F)F)c(F)c2)n[nH]c1Nc1cccc(Cl)c1. The maximum atomic E-state index is 13.7. The van der Waals surface area contributed by atoms with Crippen molar-refractivity contribution >= 4 is 35.1 Å². The van der Waals surface area contributed by atoms with Gasteiger partial charge in [0.05, 0.1) is 0 Å². The number of benzene rings is 2. The molecule has 0 saturated heterocycles. The zero-order valence-electron chi connectivity index (χ0n) is 14.3. The number of halogens is 5. The van der Waals surface area contributed by atoms with Crippen molar-refractivity contribution in [2.45, 2.75) is 6.36 Å². The van der Waals surface area contributed by atoms with Crippen molar-refractivity contribution in [2.75, 3.05) is 5.32 Å². The van der Waals surface area contributed by atoms with E-state index < -0.39 is 17.9 Å². The van der Waals surface area contributed by atoms with E-state index in [4.69, 9.17) is 11.6 Å². The van der Waals surface area contributed by atoms with Crippen molar-refractivity contribution in [1.29, 1.82) is 5.26 Å². The van der Waals surface area contributed by atoms with E-state index in [9.17, 15) is 22.8 Å². The lowest BCUT2D eigenvalue weighted by Gasteiger charge is -2.09. The zero-order valence-corrected chi connectivity index (χ0v) is 15.0. The van der Waals surface area contributed by atoms with Gasteiger partial charge >= 0.3 is 6.36 Å². The average Bonchev–Trinajstić information content (AvgIpc) is 3.02. The van der Waals surface area contributed by atoms with Gasteiger partial charge in [0.25, 0.3) is 0 Å². The van der Waals surface area contributed by atoms with Crippen LogP contribution in [0.5, 0.6) is 5.75 Å². The Morgan fingerprint density at radius 2 is 2.03 bits per heavy atom. The third-order valence-electron chi connectivity index (χ3n) is 3.47. The van der Waals surface area contributed by atoms with E-state index in [1.165, 1.54) is 6.07 Å². The first-order chi connectivity index (χ1) is 13.7. The minimum atomic E-state index is -5.00. The van der Waals surface area contributed by atoms with Gasteiger partial charge < -0.3 is 10.1 Å². The molecule has 29 heavy (non-hydrogen) atoms. The summed E-state index contributed by atoms with van der Waals surface area (Å²) in [5.41, 5.74) is 0.836. The van der Waals surface area contributed by atoms with Gasteiger partial charge in [0.15, 0.2) is 17.4 Å². The second kappa shape index (κ2) is 8.20. The molecule has 0 amide bonds. The molecule has 0 fully saturated rings. The number of H-pyrrole nitrogens is 1. The minimum absolute atomic E-state index is 0.00746. The molecule has 0 radical (unpaired) electrons. The monoisotopic (exact) mass is 423 g/mol. The molecule has 0 spiro atoms. The Morgan fingerprint density at radius 1 is 1.24 bits per heavy atom. The van der Waals surface area contributed by atoms with Crippen LogP contribution in [0.15, 0.2) is 47.5 Å². The Kier molecular flexibility index (Phi) is 5.70. The van der Waals surface area contributed by atoms with Gasteiger partial charge in [0.2, 0.25) is 0 Å². The molecule has 2 aromatic carbocycles. The summed E-state index contributed by atoms with van der Waals surface area (Å²) in [4.78, 5) is 3.99. The number of hydrogen-bond donors (Lipinski definition) is 2. The fraction of sp³-hybridized carbons (Fsp3) is 0.0556. The largest absolute Gasteiger partial charge is 0.573 e. The summed E-state index contributed by atoms with van der Waals surface area (Å²) in [5, 5.41) is 19.3. The van der Waals surface area contributed by atoms with E-state index in [0.717, 1.165) is 18.3 Å². The van der Waals surface area contributed by atoms with Crippen LogP contribution >= 0.6 is 11.6 Å². The topological polar surface area (TPSA) is 86.1 Å². The summed E-state index contributed by atoms with van der Waals surface area (Å²) < 4.78 is 53.9. The number of nitrogens with one attached hydrogen (secondary N) is 2. The highest BCUT2D eigenvalue weighted by atomic mass is 35.5. The number of aromatic amines is 1. The van der Waals surface area contributed by atoms with E-state index in [-0.39, 0.29) is 22.8 Å². The van der Waals surface area contributed by atoms with Crippen molar-refractivity contribution in [2.24, 2.45) is 4.99 Å². The van der Waals surface area contributed by atoms with Crippen LogP contribution in [-0.2, 0) is 0 Å². The Balaban J connectivity index is 1.80. The van der Waals surface area contributed by atoms with Gasteiger partial charge in [0.1, 0.15) is 17.5 Å². The number of alkyl halides is 3. The molecule has 0 atom stereocenters. The second-order valence-corrected chi connectivity index (χ2v) is 5.98. The summed E-state index contributed by atoms with van der Waals surface area (Å²) in [6.07, 6.45) is -3.85. The number of nitriles is 1. The molecule has 0 bridgehead atoms. The highest BCUT2D eigenvalue weighted by molar-refractivity contribution is 6.30. The summed E-state index contributed by atoms with van der Waals surface area (Å²) in [5.74, 6) is -1.90. The normalized spacial score (nSPS) is 11.4. The molecule has 1 aromatic heterocycles. The first-order valence-corrected chi connectivity index (χ1v) is 8.23. The van der Waals surface area contributed by atoms with Gasteiger partial charge in [-0.25, -0.2) is 9.38 Å². The lowest BCUT2D eigenvalue weighted by atomic mass is 10.2.